The van der Waals surface area contributed by atoms with Crippen molar-refractivity contribution in [3.05, 3.63) is 40.9 Å². The van der Waals surface area contributed by atoms with Gasteiger partial charge in [0.25, 0.3) is 10.0 Å². The van der Waals surface area contributed by atoms with Crippen LogP contribution in [0.15, 0.2) is 34.5 Å². The predicted molar refractivity (Wildman–Crippen MR) is 72.0 cm³/mol. The Hall–Kier alpha value is -1.44. The van der Waals surface area contributed by atoms with E-state index in [1.54, 1.807) is 23.6 Å². The molecule has 0 amide bonds. The minimum Gasteiger partial charge on any atom is -0.326 e. The standard InChI is InChI=1S/C11H13N3O2S2/c1-8-7-17-11(13-8)14-18(15,16)10-4-2-3-9(5-10)6-12/h2-5,7H,6,12H2,1H3,(H,13,14). The van der Waals surface area contributed by atoms with Crippen molar-refractivity contribution in [1.29, 1.82) is 0 Å². The van der Waals surface area contributed by atoms with Gasteiger partial charge in [0.2, 0.25) is 0 Å². The van der Waals surface area contributed by atoms with E-state index in [0.717, 1.165) is 11.3 Å². The summed E-state index contributed by atoms with van der Waals surface area (Å²) in [6.45, 7) is 2.11. The van der Waals surface area contributed by atoms with Crippen molar-refractivity contribution in [2.24, 2.45) is 5.73 Å². The first-order chi connectivity index (χ1) is 8.51. The summed E-state index contributed by atoms with van der Waals surface area (Å²) in [5.74, 6) is 0. The highest BCUT2D eigenvalue weighted by Gasteiger charge is 2.15. The Morgan fingerprint density at radius 1 is 1.44 bits per heavy atom. The Bertz CT molecular complexity index is 650. The third-order valence-electron chi connectivity index (χ3n) is 2.29. The number of nitrogens with one attached hydrogen (secondary N) is 1. The molecule has 3 N–H and O–H groups in total. The molecule has 0 aliphatic heterocycles. The zero-order valence-corrected chi connectivity index (χ0v) is 11.4. The van der Waals surface area contributed by atoms with Gasteiger partial charge in [0.05, 0.1) is 10.6 Å². The van der Waals surface area contributed by atoms with Gasteiger partial charge in [-0.1, -0.05) is 12.1 Å². The fourth-order valence-corrected chi connectivity index (χ4v) is 3.43. The molecular formula is C11H13N3O2S2. The van der Waals surface area contributed by atoms with Gasteiger partial charge >= 0.3 is 0 Å². The lowest BCUT2D eigenvalue weighted by atomic mass is 10.2. The van der Waals surface area contributed by atoms with Crippen molar-refractivity contribution in [1.82, 2.24) is 4.98 Å². The first-order valence-corrected chi connectivity index (χ1v) is 7.61. The lowest BCUT2D eigenvalue weighted by Crippen LogP contribution is -2.13. The van der Waals surface area contributed by atoms with Gasteiger partial charge in [-0.15, -0.1) is 11.3 Å². The van der Waals surface area contributed by atoms with E-state index in [2.05, 4.69) is 9.71 Å². The summed E-state index contributed by atoms with van der Waals surface area (Å²) < 4.78 is 26.6. The van der Waals surface area contributed by atoms with E-state index in [-0.39, 0.29) is 4.90 Å². The summed E-state index contributed by atoms with van der Waals surface area (Å²) in [5.41, 5.74) is 7.05. The molecule has 0 radical (unpaired) electrons. The van der Waals surface area contributed by atoms with Crippen LogP contribution in [0, 0.1) is 6.92 Å². The minimum atomic E-state index is -3.59. The smallest absolute Gasteiger partial charge is 0.263 e. The number of hydrogen-bond acceptors (Lipinski definition) is 5. The molecule has 0 aliphatic rings. The van der Waals surface area contributed by atoms with E-state index in [0.29, 0.717) is 11.7 Å². The Kier molecular flexibility index (Phi) is 3.65. The molecule has 1 heterocycles. The quantitative estimate of drug-likeness (QED) is 0.894. The molecule has 5 nitrogen and oxygen atoms in total. The van der Waals surface area contributed by atoms with Crippen molar-refractivity contribution in [3.8, 4) is 0 Å². The number of sulfonamides is 1. The average Bonchev–Trinajstić information content (AvgIpc) is 2.74. The molecule has 0 saturated carbocycles. The Balaban J connectivity index is 2.30. The van der Waals surface area contributed by atoms with Gasteiger partial charge in [-0.3, -0.25) is 4.72 Å². The van der Waals surface area contributed by atoms with Gasteiger partial charge in [0, 0.05) is 11.9 Å². The van der Waals surface area contributed by atoms with Gasteiger partial charge in [0.15, 0.2) is 5.13 Å². The summed E-state index contributed by atoms with van der Waals surface area (Å²) in [6, 6.07) is 6.54. The van der Waals surface area contributed by atoms with Crippen molar-refractivity contribution >= 4 is 26.5 Å². The maximum absolute atomic E-state index is 12.1. The second-order valence-electron chi connectivity index (χ2n) is 3.75. The van der Waals surface area contributed by atoms with Crippen molar-refractivity contribution in [3.63, 3.8) is 0 Å². The number of benzene rings is 1. The molecule has 0 bridgehead atoms. The highest BCUT2D eigenvalue weighted by Crippen LogP contribution is 2.20. The molecule has 1 aromatic carbocycles. The van der Waals surface area contributed by atoms with Crippen LogP contribution in [-0.4, -0.2) is 13.4 Å². The summed E-state index contributed by atoms with van der Waals surface area (Å²) in [7, 11) is -3.59. The number of aromatic nitrogens is 1. The number of rotatable bonds is 4. The van der Waals surface area contributed by atoms with Crippen LogP contribution in [0.25, 0.3) is 0 Å². The highest BCUT2D eigenvalue weighted by molar-refractivity contribution is 7.93. The van der Waals surface area contributed by atoms with E-state index >= 15 is 0 Å². The topological polar surface area (TPSA) is 85.1 Å². The zero-order valence-electron chi connectivity index (χ0n) is 9.75. The van der Waals surface area contributed by atoms with E-state index in [1.807, 2.05) is 6.92 Å². The molecule has 0 unspecified atom stereocenters. The van der Waals surface area contributed by atoms with E-state index in [1.165, 1.54) is 17.4 Å². The number of nitrogens with zero attached hydrogens (tertiary/aromatic N) is 1. The average molecular weight is 283 g/mol. The van der Waals surface area contributed by atoms with Gasteiger partial charge in [-0.25, -0.2) is 13.4 Å². The summed E-state index contributed by atoms with van der Waals surface area (Å²) in [5, 5.41) is 2.15. The number of hydrogen-bond donors (Lipinski definition) is 2. The minimum absolute atomic E-state index is 0.193. The second kappa shape index (κ2) is 5.05. The van der Waals surface area contributed by atoms with Crippen LogP contribution in [0.4, 0.5) is 5.13 Å². The number of aryl methyl sites for hydroxylation is 1. The Morgan fingerprint density at radius 3 is 2.83 bits per heavy atom. The molecule has 0 fully saturated rings. The molecule has 96 valence electrons. The summed E-state index contributed by atoms with van der Waals surface area (Å²) >= 11 is 1.25. The maximum Gasteiger partial charge on any atom is 0.263 e. The molecule has 0 saturated heterocycles. The molecule has 0 spiro atoms. The van der Waals surface area contributed by atoms with Crippen LogP contribution in [0.3, 0.4) is 0 Å². The molecule has 18 heavy (non-hydrogen) atoms. The SMILES string of the molecule is Cc1csc(NS(=O)(=O)c2cccc(CN)c2)n1. The monoisotopic (exact) mass is 283 g/mol. The highest BCUT2D eigenvalue weighted by atomic mass is 32.2. The molecule has 2 aromatic rings. The van der Waals surface area contributed by atoms with Crippen molar-refractivity contribution in [2.45, 2.75) is 18.4 Å². The van der Waals surface area contributed by atoms with Crippen molar-refractivity contribution < 1.29 is 8.42 Å². The lowest BCUT2D eigenvalue weighted by molar-refractivity contribution is 0.601. The van der Waals surface area contributed by atoms with Crippen LogP contribution in [0.5, 0.6) is 0 Å². The first-order valence-electron chi connectivity index (χ1n) is 5.25. The molecule has 0 aliphatic carbocycles. The van der Waals surface area contributed by atoms with E-state index in [9.17, 15) is 8.42 Å². The third kappa shape index (κ3) is 2.87. The number of nitrogens with two attached hydrogens (primary N) is 1. The van der Waals surface area contributed by atoms with Gasteiger partial charge in [0.1, 0.15) is 0 Å². The van der Waals surface area contributed by atoms with Crippen LogP contribution < -0.4 is 10.5 Å². The second-order valence-corrected chi connectivity index (χ2v) is 6.29. The van der Waals surface area contributed by atoms with Crippen LogP contribution in [0.1, 0.15) is 11.3 Å². The summed E-state index contributed by atoms with van der Waals surface area (Å²) in [6.07, 6.45) is 0. The third-order valence-corrected chi connectivity index (χ3v) is 4.63. The molecule has 0 atom stereocenters. The fourth-order valence-electron chi connectivity index (χ4n) is 1.41. The normalized spacial score (nSPS) is 11.4. The lowest BCUT2D eigenvalue weighted by Gasteiger charge is -2.06. The van der Waals surface area contributed by atoms with Crippen LogP contribution in [-0.2, 0) is 16.6 Å². The molecule has 1 aromatic heterocycles. The van der Waals surface area contributed by atoms with Gasteiger partial charge in [-0.2, -0.15) is 0 Å². The number of thiazole rings is 1. The molecule has 7 heteroatoms. The predicted octanol–water partition coefficient (Wildman–Crippen LogP) is 1.71. The molecular weight excluding hydrogens is 270 g/mol. The maximum atomic E-state index is 12.1. The largest absolute Gasteiger partial charge is 0.326 e. The Morgan fingerprint density at radius 2 is 2.22 bits per heavy atom. The van der Waals surface area contributed by atoms with Crippen molar-refractivity contribution in [2.75, 3.05) is 4.72 Å². The summed E-state index contributed by atoms with van der Waals surface area (Å²) in [4.78, 5) is 4.26. The van der Waals surface area contributed by atoms with E-state index < -0.39 is 10.0 Å². The van der Waals surface area contributed by atoms with Gasteiger partial charge in [-0.05, 0) is 24.6 Å². The first kappa shape index (κ1) is 13.0. The number of anilines is 1. The van der Waals surface area contributed by atoms with Crippen LogP contribution in [0.2, 0.25) is 0 Å². The van der Waals surface area contributed by atoms with Gasteiger partial charge < -0.3 is 5.73 Å². The zero-order chi connectivity index (χ0) is 13.2. The Labute approximate surface area is 110 Å². The van der Waals surface area contributed by atoms with E-state index in [4.69, 9.17) is 5.73 Å². The molecule has 2 rings (SSSR count). The van der Waals surface area contributed by atoms with Crippen LogP contribution >= 0.6 is 11.3 Å². The fraction of sp³-hybridized carbons (Fsp3) is 0.182.